The third kappa shape index (κ3) is 2.37. The van der Waals surface area contributed by atoms with Crippen molar-refractivity contribution in [2.45, 2.75) is 6.61 Å². The summed E-state index contributed by atoms with van der Waals surface area (Å²) in [6.07, 6.45) is 1.55. The molecule has 2 heterocycles. The number of hydrogen-bond donors (Lipinski definition) is 2. The topological polar surface area (TPSA) is 125 Å². The highest BCUT2D eigenvalue weighted by molar-refractivity contribution is 5.50. The number of ether oxygens (including phenoxy) is 1. The first-order valence-electron chi connectivity index (χ1n) is 5.94. The predicted molar refractivity (Wildman–Crippen MR) is 69.6 cm³/mol. The fraction of sp³-hybridized carbons (Fsp3) is 0.0833. The first-order valence-corrected chi connectivity index (χ1v) is 5.94. The Hall–Kier alpha value is -3.41. The van der Waals surface area contributed by atoms with Gasteiger partial charge in [0, 0.05) is 11.6 Å². The molecule has 2 N–H and O–H groups in total. The van der Waals surface area contributed by atoms with E-state index in [0.29, 0.717) is 22.7 Å². The van der Waals surface area contributed by atoms with Crippen molar-refractivity contribution in [3.8, 4) is 17.6 Å². The normalized spacial score (nSPS) is 10.2. The van der Waals surface area contributed by atoms with Gasteiger partial charge < -0.3 is 4.74 Å². The van der Waals surface area contributed by atoms with Gasteiger partial charge in [0.2, 0.25) is 5.88 Å². The van der Waals surface area contributed by atoms with Crippen LogP contribution in [-0.4, -0.2) is 30.4 Å². The van der Waals surface area contributed by atoms with Gasteiger partial charge in [-0.2, -0.15) is 15.0 Å². The maximum Gasteiger partial charge on any atom is 0.365 e. The Morgan fingerprint density at radius 1 is 1.33 bits per heavy atom. The minimum absolute atomic E-state index is 0.0839. The van der Waals surface area contributed by atoms with Gasteiger partial charge in [-0.25, -0.2) is 15.0 Å². The summed E-state index contributed by atoms with van der Waals surface area (Å²) in [5, 5.41) is 25.0. The molecule has 3 rings (SSSR count). The van der Waals surface area contributed by atoms with Gasteiger partial charge in [0.05, 0.1) is 23.5 Å². The van der Waals surface area contributed by atoms with E-state index in [1.807, 2.05) is 0 Å². The van der Waals surface area contributed by atoms with Gasteiger partial charge in [0.1, 0.15) is 6.61 Å². The number of aromatic amines is 2. The second-order valence-corrected chi connectivity index (χ2v) is 4.04. The molecule has 0 atom stereocenters. The van der Waals surface area contributed by atoms with Crippen LogP contribution in [0.1, 0.15) is 11.1 Å². The van der Waals surface area contributed by atoms with Crippen molar-refractivity contribution in [3.05, 3.63) is 52.1 Å². The minimum Gasteiger partial charge on any atom is -0.473 e. The first kappa shape index (κ1) is 12.6. The third-order valence-electron chi connectivity index (χ3n) is 2.82. The van der Waals surface area contributed by atoms with Gasteiger partial charge in [0.25, 0.3) is 0 Å². The van der Waals surface area contributed by atoms with Crippen molar-refractivity contribution in [1.82, 2.24) is 30.4 Å². The van der Waals surface area contributed by atoms with Gasteiger partial charge in [-0.1, -0.05) is 6.07 Å². The summed E-state index contributed by atoms with van der Waals surface area (Å²) in [4.78, 5) is 11.6. The van der Waals surface area contributed by atoms with Crippen LogP contribution in [0.25, 0.3) is 5.69 Å². The molecule has 1 aromatic carbocycles. The van der Waals surface area contributed by atoms with Crippen LogP contribution in [0.15, 0.2) is 35.3 Å². The number of H-pyrrole nitrogens is 2. The lowest BCUT2D eigenvalue weighted by Crippen LogP contribution is -2.18. The zero-order chi connectivity index (χ0) is 14.7. The lowest BCUT2D eigenvalue weighted by molar-refractivity contribution is 0.292. The Bertz CT molecular complexity index is 841. The summed E-state index contributed by atoms with van der Waals surface area (Å²) >= 11 is 0. The van der Waals surface area contributed by atoms with Gasteiger partial charge in [-0.15, -0.1) is 0 Å². The van der Waals surface area contributed by atoms with Crippen molar-refractivity contribution in [2.24, 2.45) is 0 Å². The summed E-state index contributed by atoms with van der Waals surface area (Å²) in [5.74, 6) is 0.459. The molecule has 0 saturated carbocycles. The standard InChI is InChI=1S/C12H9N7O2/c13-6-8-2-1-3-10(19-12(20)16-17-18-19)9(8)7-21-11-4-5-14-15-11/h1-5H,7H2,(H,14,15)(H,16,18,20). The number of nitrogens with one attached hydrogen (secondary N) is 2. The van der Waals surface area contributed by atoms with E-state index in [1.165, 1.54) is 0 Å². The van der Waals surface area contributed by atoms with Crippen molar-refractivity contribution < 1.29 is 4.74 Å². The fourth-order valence-electron chi connectivity index (χ4n) is 1.86. The number of tetrazole rings is 1. The lowest BCUT2D eigenvalue weighted by atomic mass is 10.1. The summed E-state index contributed by atoms with van der Waals surface area (Å²) in [5.41, 5.74) is 0.868. The van der Waals surface area contributed by atoms with Crippen molar-refractivity contribution in [1.29, 1.82) is 5.26 Å². The number of hydrogen-bond acceptors (Lipinski definition) is 6. The Morgan fingerprint density at radius 3 is 2.90 bits per heavy atom. The van der Waals surface area contributed by atoms with Crippen molar-refractivity contribution in [3.63, 3.8) is 0 Å². The number of nitrogens with zero attached hydrogens (tertiary/aromatic N) is 5. The summed E-state index contributed by atoms with van der Waals surface area (Å²) in [6.45, 7) is 0.0839. The molecule has 0 saturated heterocycles. The van der Waals surface area contributed by atoms with Crippen molar-refractivity contribution in [2.75, 3.05) is 0 Å². The van der Waals surface area contributed by atoms with Crippen LogP contribution in [0.5, 0.6) is 5.88 Å². The van der Waals surface area contributed by atoms with Gasteiger partial charge in [0.15, 0.2) is 0 Å². The van der Waals surface area contributed by atoms with Gasteiger partial charge in [-0.3, -0.25) is 0 Å². The van der Waals surface area contributed by atoms with Gasteiger partial charge in [-0.05, 0) is 22.6 Å². The monoisotopic (exact) mass is 283 g/mol. The van der Waals surface area contributed by atoms with E-state index in [0.717, 1.165) is 4.68 Å². The third-order valence-corrected chi connectivity index (χ3v) is 2.82. The molecule has 9 heteroatoms. The largest absolute Gasteiger partial charge is 0.473 e. The van der Waals surface area contributed by atoms with Crippen LogP contribution >= 0.6 is 0 Å². The summed E-state index contributed by atoms with van der Waals surface area (Å²) in [6, 6.07) is 8.68. The fourth-order valence-corrected chi connectivity index (χ4v) is 1.86. The zero-order valence-electron chi connectivity index (χ0n) is 10.6. The highest BCUT2D eigenvalue weighted by atomic mass is 16.5. The molecular weight excluding hydrogens is 274 g/mol. The van der Waals surface area contributed by atoms with Crippen LogP contribution in [0.4, 0.5) is 0 Å². The highest BCUT2D eigenvalue weighted by Crippen LogP contribution is 2.19. The molecule has 0 aliphatic heterocycles. The lowest BCUT2D eigenvalue weighted by Gasteiger charge is -2.10. The molecule has 2 aromatic heterocycles. The van der Waals surface area contributed by atoms with E-state index in [2.05, 4.69) is 31.8 Å². The second-order valence-electron chi connectivity index (χ2n) is 4.04. The Balaban J connectivity index is 2.03. The molecule has 104 valence electrons. The van der Waals surface area contributed by atoms with E-state index in [9.17, 15) is 10.1 Å². The Kier molecular flexibility index (Phi) is 3.18. The van der Waals surface area contributed by atoms with E-state index >= 15 is 0 Å². The highest BCUT2D eigenvalue weighted by Gasteiger charge is 2.14. The molecule has 0 aliphatic rings. The molecule has 21 heavy (non-hydrogen) atoms. The first-order chi connectivity index (χ1) is 10.3. The summed E-state index contributed by atoms with van der Waals surface area (Å²) in [7, 11) is 0. The van der Waals surface area contributed by atoms with Crippen LogP contribution < -0.4 is 10.4 Å². The van der Waals surface area contributed by atoms with Crippen molar-refractivity contribution >= 4 is 0 Å². The Labute approximate surface area is 117 Å². The molecule has 0 fully saturated rings. The quantitative estimate of drug-likeness (QED) is 0.701. The van der Waals surface area contributed by atoms with E-state index in [4.69, 9.17) is 4.74 Å². The SMILES string of the molecule is N#Cc1cccc(-n2nn[nH]c2=O)c1COc1ccn[nH]1. The van der Waals surface area contributed by atoms with Crippen LogP contribution in [-0.2, 0) is 6.61 Å². The Morgan fingerprint density at radius 2 is 2.24 bits per heavy atom. The maximum absolute atomic E-state index is 11.6. The molecular formula is C12H9N7O2. The minimum atomic E-state index is -0.493. The molecule has 0 bridgehead atoms. The summed E-state index contributed by atoms with van der Waals surface area (Å²) < 4.78 is 6.59. The molecule has 3 aromatic rings. The molecule has 9 nitrogen and oxygen atoms in total. The molecule has 0 unspecified atom stereocenters. The van der Waals surface area contributed by atoms with E-state index in [1.54, 1.807) is 30.5 Å². The predicted octanol–water partition coefficient (Wildman–Crippen LogP) is 0.129. The number of aromatic nitrogens is 6. The van der Waals surface area contributed by atoms with Crippen LogP contribution in [0.2, 0.25) is 0 Å². The maximum atomic E-state index is 11.6. The molecule has 0 spiro atoms. The molecule has 0 radical (unpaired) electrons. The van der Waals surface area contributed by atoms with E-state index in [-0.39, 0.29) is 6.61 Å². The van der Waals surface area contributed by atoms with E-state index < -0.39 is 5.69 Å². The van der Waals surface area contributed by atoms with Crippen LogP contribution in [0, 0.1) is 11.3 Å². The number of rotatable bonds is 4. The smallest absolute Gasteiger partial charge is 0.365 e. The number of benzene rings is 1. The second kappa shape index (κ2) is 5.30. The molecule has 0 aliphatic carbocycles. The van der Waals surface area contributed by atoms with Crippen LogP contribution in [0.3, 0.4) is 0 Å². The molecule has 0 amide bonds. The zero-order valence-corrected chi connectivity index (χ0v) is 10.6. The number of nitriles is 1. The van der Waals surface area contributed by atoms with Gasteiger partial charge >= 0.3 is 5.69 Å². The average molecular weight is 283 g/mol. The average Bonchev–Trinajstić information content (AvgIpc) is 3.16.